The molecule has 6 heterocycles. The van der Waals surface area contributed by atoms with Crippen molar-refractivity contribution in [3.05, 3.63) is 56.9 Å². The zero-order valence-corrected chi connectivity index (χ0v) is 28.5. The number of aliphatic hydroxyl groups is 1. The molecule has 1 amide bonds. The van der Waals surface area contributed by atoms with Crippen LogP contribution in [0.15, 0.2) is 29.1 Å². The summed E-state index contributed by atoms with van der Waals surface area (Å²) in [6.07, 6.45) is 6.26. The van der Waals surface area contributed by atoms with Gasteiger partial charge >= 0.3 is 12.1 Å². The Bertz CT molecular complexity index is 1700. The second-order valence-electron chi connectivity index (χ2n) is 12.2. The van der Waals surface area contributed by atoms with Gasteiger partial charge in [-0.25, -0.2) is 14.6 Å². The van der Waals surface area contributed by atoms with Crippen LogP contribution in [0.2, 0.25) is 0 Å². The molecule has 0 bridgehead atoms. The van der Waals surface area contributed by atoms with E-state index in [-0.39, 0.29) is 61.9 Å². The number of benzene rings is 1. The number of ether oxygens (including phenoxy) is 2. The number of nitrogens with zero attached hydrogens (tertiary/aromatic N) is 4. The first-order chi connectivity index (χ1) is 20.8. The number of rotatable bonds is 4. The van der Waals surface area contributed by atoms with Crippen molar-refractivity contribution in [1.82, 2.24) is 19.4 Å². The van der Waals surface area contributed by atoms with Gasteiger partial charge in [0.1, 0.15) is 12.4 Å². The number of aryl methyl sites for hydroxylation is 1. The molecule has 4 aliphatic rings. The Balaban J connectivity index is 0.00000160. The highest BCUT2D eigenvalue weighted by Gasteiger charge is 2.45. The van der Waals surface area contributed by atoms with E-state index in [1.165, 1.54) is 32.4 Å². The van der Waals surface area contributed by atoms with Crippen LogP contribution in [0.3, 0.4) is 0 Å². The SMILES string of the molecule is CCc1c2c(nc3ccc(OC(=O)N4CCC(N5CCCCC5)CC4)cc13)-c1cc3c(c(=O)n1C2)COC(=O)[C@]3(O)CC.Cl.Cl.Cl. The first-order valence-corrected chi connectivity index (χ1v) is 15.7. The lowest BCUT2D eigenvalue weighted by atomic mass is 9.86. The zero-order valence-electron chi connectivity index (χ0n) is 26.1. The summed E-state index contributed by atoms with van der Waals surface area (Å²) in [6.45, 7) is 7.65. The van der Waals surface area contributed by atoms with Gasteiger partial charge in [0.05, 0.1) is 29.0 Å². The third-order valence-electron chi connectivity index (χ3n) is 9.97. The number of pyridine rings is 2. The lowest BCUT2D eigenvalue weighted by molar-refractivity contribution is -0.172. The van der Waals surface area contributed by atoms with Crippen molar-refractivity contribution in [2.75, 3.05) is 26.2 Å². The van der Waals surface area contributed by atoms with Crippen LogP contribution in [-0.4, -0.2) is 68.7 Å². The minimum atomic E-state index is -1.86. The molecule has 0 saturated carbocycles. The van der Waals surface area contributed by atoms with E-state index in [0.717, 1.165) is 34.9 Å². The highest BCUT2D eigenvalue weighted by molar-refractivity contribution is 5.90. The van der Waals surface area contributed by atoms with Crippen molar-refractivity contribution in [2.24, 2.45) is 0 Å². The Labute approximate surface area is 286 Å². The van der Waals surface area contributed by atoms with Gasteiger partial charge in [-0.05, 0) is 81.4 Å². The van der Waals surface area contributed by atoms with Gasteiger partial charge in [0.15, 0.2) is 5.60 Å². The summed E-state index contributed by atoms with van der Waals surface area (Å²) in [5.41, 5.74) is 2.38. The average molecular weight is 696 g/mol. The Morgan fingerprint density at radius 2 is 1.74 bits per heavy atom. The Hall–Kier alpha value is -2.89. The number of amides is 1. The molecule has 0 spiro atoms. The van der Waals surface area contributed by atoms with Gasteiger partial charge in [-0.1, -0.05) is 20.3 Å². The predicted octanol–water partition coefficient (Wildman–Crippen LogP) is 5.36. The molecule has 1 aromatic carbocycles. The normalized spacial score (nSPS) is 20.8. The average Bonchev–Trinajstić information content (AvgIpc) is 3.41. The molecule has 1 atom stereocenters. The van der Waals surface area contributed by atoms with Crippen molar-refractivity contribution in [2.45, 2.75) is 83.6 Å². The smallest absolute Gasteiger partial charge is 0.415 e. The Morgan fingerprint density at radius 1 is 1.02 bits per heavy atom. The molecule has 10 nitrogen and oxygen atoms in total. The Morgan fingerprint density at radius 3 is 2.41 bits per heavy atom. The van der Waals surface area contributed by atoms with Gasteiger partial charge in [0.2, 0.25) is 0 Å². The van der Waals surface area contributed by atoms with Gasteiger partial charge < -0.3 is 28.9 Å². The molecule has 1 N–H and O–H groups in total. The summed E-state index contributed by atoms with van der Waals surface area (Å²) in [5, 5.41) is 12.0. The fourth-order valence-electron chi connectivity index (χ4n) is 7.47. The predicted molar refractivity (Wildman–Crippen MR) is 182 cm³/mol. The number of likely N-dealkylation sites (tertiary alicyclic amines) is 2. The van der Waals surface area contributed by atoms with Gasteiger partial charge in [-0.3, -0.25) is 4.79 Å². The number of carbonyl (C=O) groups excluding carboxylic acids is 2. The summed E-state index contributed by atoms with van der Waals surface area (Å²) in [7, 11) is 0. The van der Waals surface area contributed by atoms with E-state index in [4.69, 9.17) is 14.5 Å². The molecular formula is C33H41Cl3N4O6. The molecule has 2 saturated heterocycles. The zero-order chi connectivity index (χ0) is 29.9. The Kier molecular flexibility index (Phi) is 11.0. The van der Waals surface area contributed by atoms with Crippen molar-refractivity contribution >= 4 is 60.2 Å². The highest BCUT2D eigenvalue weighted by atomic mass is 35.5. The van der Waals surface area contributed by atoms with Crippen molar-refractivity contribution in [1.29, 1.82) is 0 Å². The van der Waals surface area contributed by atoms with Gasteiger partial charge in [0.25, 0.3) is 5.56 Å². The topological polar surface area (TPSA) is 114 Å². The van der Waals surface area contributed by atoms with E-state index in [2.05, 4.69) is 11.8 Å². The maximum atomic E-state index is 13.6. The molecule has 7 rings (SSSR count). The van der Waals surface area contributed by atoms with Gasteiger partial charge in [0, 0.05) is 35.6 Å². The maximum absolute atomic E-state index is 13.6. The molecule has 2 fully saturated rings. The number of carbonyl (C=O) groups is 2. The summed E-state index contributed by atoms with van der Waals surface area (Å²) in [6, 6.07) is 7.77. The number of aromatic nitrogens is 2. The molecule has 3 aromatic rings. The summed E-state index contributed by atoms with van der Waals surface area (Å²) in [5.74, 6) is -0.266. The molecule has 0 unspecified atom stereocenters. The fraction of sp³-hybridized carbons (Fsp3) is 0.515. The number of halogens is 3. The minimum absolute atomic E-state index is 0. The summed E-state index contributed by atoms with van der Waals surface area (Å²) >= 11 is 0. The number of cyclic esters (lactones) is 1. The van der Waals surface area contributed by atoms with Gasteiger partial charge in [-0.15, -0.1) is 37.2 Å². The maximum Gasteiger partial charge on any atom is 0.415 e. The lowest BCUT2D eigenvalue weighted by Gasteiger charge is -2.39. The van der Waals surface area contributed by atoms with Crippen LogP contribution in [0.1, 0.15) is 74.6 Å². The number of piperidine rings is 2. The molecule has 2 aromatic heterocycles. The first kappa shape index (κ1) is 36.0. The van der Waals surface area contributed by atoms with Crippen LogP contribution in [0.4, 0.5) is 4.79 Å². The van der Waals surface area contributed by atoms with Crippen molar-refractivity contribution in [3.8, 4) is 17.1 Å². The van der Waals surface area contributed by atoms with E-state index in [1.54, 1.807) is 23.6 Å². The number of hydrogen-bond acceptors (Lipinski definition) is 8. The number of fused-ring (bicyclic) bond motifs is 5. The standard InChI is InChI=1S/C33H38N4O6.3ClH/c1-3-22-23-16-21(43-32(40)36-14-10-20(11-15-36)35-12-6-5-7-13-35)8-9-27(23)34-29-24(22)18-37-28(29)17-26-25(30(37)38)19-42-31(39)33(26,41)4-2;;;/h8-9,16-17,20,41H,3-7,10-15,18-19H2,1-2H3;3*1H/t33-;;;/m0.../s1. The number of esters is 1. The second-order valence-corrected chi connectivity index (χ2v) is 12.2. The van der Waals surface area contributed by atoms with Crippen LogP contribution in [0.5, 0.6) is 5.75 Å². The van der Waals surface area contributed by atoms with Crippen molar-refractivity contribution in [3.63, 3.8) is 0 Å². The molecular weight excluding hydrogens is 655 g/mol. The van der Waals surface area contributed by atoms with Crippen molar-refractivity contribution < 1.29 is 24.2 Å². The molecule has 13 heteroatoms. The molecule has 46 heavy (non-hydrogen) atoms. The van der Waals surface area contributed by atoms with Crippen LogP contribution < -0.4 is 10.3 Å². The number of hydrogen-bond donors (Lipinski definition) is 1. The molecule has 0 radical (unpaired) electrons. The molecule has 0 aliphatic carbocycles. The van der Waals surface area contributed by atoms with E-state index in [0.29, 0.717) is 60.4 Å². The fourth-order valence-corrected chi connectivity index (χ4v) is 7.47. The third kappa shape index (κ3) is 5.87. The van der Waals surface area contributed by atoms with Crippen LogP contribution in [0.25, 0.3) is 22.3 Å². The second kappa shape index (κ2) is 14.1. The van der Waals surface area contributed by atoms with Crippen LogP contribution in [-0.2, 0) is 34.7 Å². The molecule has 4 aliphatic heterocycles. The molecule has 250 valence electrons. The van der Waals surface area contributed by atoms with E-state index >= 15 is 0 Å². The van der Waals surface area contributed by atoms with E-state index in [9.17, 15) is 19.5 Å². The van der Waals surface area contributed by atoms with Crippen LogP contribution >= 0.6 is 37.2 Å². The minimum Gasteiger partial charge on any atom is -0.458 e. The lowest BCUT2D eigenvalue weighted by Crippen LogP contribution is -2.48. The largest absolute Gasteiger partial charge is 0.458 e. The summed E-state index contributed by atoms with van der Waals surface area (Å²) < 4.78 is 12.7. The van der Waals surface area contributed by atoms with E-state index < -0.39 is 11.6 Å². The van der Waals surface area contributed by atoms with Crippen LogP contribution in [0, 0.1) is 0 Å². The first-order valence-electron chi connectivity index (χ1n) is 15.7. The quantitative estimate of drug-likeness (QED) is 0.284. The third-order valence-corrected chi connectivity index (χ3v) is 9.97. The monoisotopic (exact) mass is 694 g/mol. The highest BCUT2D eigenvalue weighted by Crippen LogP contribution is 2.41. The van der Waals surface area contributed by atoms with E-state index in [1.807, 2.05) is 17.0 Å². The summed E-state index contributed by atoms with van der Waals surface area (Å²) in [4.78, 5) is 48.5. The van der Waals surface area contributed by atoms with Gasteiger partial charge in [-0.2, -0.15) is 0 Å².